The predicted octanol–water partition coefficient (Wildman–Crippen LogP) is 3.59. The first-order valence-electron chi connectivity index (χ1n) is 10.8. The minimum Gasteiger partial charge on any atom is -0.325 e. The van der Waals surface area contributed by atoms with E-state index in [2.05, 4.69) is 22.8 Å². The third-order valence-electron chi connectivity index (χ3n) is 6.80. The van der Waals surface area contributed by atoms with Crippen LogP contribution in [-0.4, -0.2) is 29.3 Å². The maximum absolute atomic E-state index is 13.2. The summed E-state index contributed by atoms with van der Waals surface area (Å²) < 4.78 is 0. The van der Waals surface area contributed by atoms with Crippen molar-refractivity contribution >= 4 is 23.5 Å². The van der Waals surface area contributed by atoms with Crippen molar-refractivity contribution < 1.29 is 14.4 Å². The maximum atomic E-state index is 13.2. The molecule has 6 rings (SSSR count). The SMILES string of the molecule is O=C(CN1C(=O)N[C@]2(CCc3ccccc32)C1=O)Nc1ccc2c(c1)Cc1ccccc1-2. The largest absolute Gasteiger partial charge is 0.325 e. The molecule has 1 saturated heterocycles. The molecule has 1 fully saturated rings. The summed E-state index contributed by atoms with van der Waals surface area (Å²) in [6.45, 7) is -0.314. The Bertz CT molecular complexity index is 1320. The van der Waals surface area contributed by atoms with Crippen molar-refractivity contribution in [3.8, 4) is 11.1 Å². The molecule has 4 amide bonds. The van der Waals surface area contributed by atoms with E-state index < -0.39 is 17.5 Å². The number of carbonyl (C=O) groups is 3. The Balaban J connectivity index is 1.19. The lowest BCUT2D eigenvalue weighted by Crippen LogP contribution is -2.43. The van der Waals surface area contributed by atoms with Crippen LogP contribution in [0.25, 0.3) is 11.1 Å². The molecule has 0 saturated carbocycles. The van der Waals surface area contributed by atoms with E-state index in [4.69, 9.17) is 0 Å². The molecule has 2 N–H and O–H groups in total. The van der Waals surface area contributed by atoms with Crippen molar-refractivity contribution in [3.05, 3.63) is 89.0 Å². The molecule has 3 aromatic rings. The minimum absolute atomic E-state index is 0.314. The van der Waals surface area contributed by atoms with Gasteiger partial charge in [-0.2, -0.15) is 0 Å². The van der Waals surface area contributed by atoms with Crippen molar-refractivity contribution in [1.82, 2.24) is 10.2 Å². The van der Waals surface area contributed by atoms with Crippen LogP contribution in [0.2, 0.25) is 0 Å². The number of urea groups is 1. The molecule has 1 aliphatic heterocycles. The molecule has 1 heterocycles. The second kappa shape index (κ2) is 6.79. The summed E-state index contributed by atoms with van der Waals surface area (Å²) in [6.07, 6.45) is 2.06. The van der Waals surface area contributed by atoms with Gasteiger partial charge in [-0.05, 0) is 64.8 Å². The number of hydrogen-bond donors (Lipinski definition) is 2. The molecule has 6 heteroatoms. The standard InChI is InChI=1S/C26H21N3O3/c30-23(27-19-9-10-21-18(14-19)13-17-6-1-3-7-20(17)21)15-29-24(31)26(28-25(29)32)12-11-16-5-2-4-8-22(16)26/h1-10,14H,11-13,15H2,(H,27,30)(H,28,32)/t26-/m0/s1. The number of carbonyl (C=O) groups excluding carboxylic acids is 3. The Morgan fingerprint density at radius 2 is 1.69 bits per heavy atom. The predicted molar refractivity (Wildman–Crippen MR) is 120 cm³/mol. The number of anilines is 1. The van der Waals surface area contributed by atoms with Gasteiger partial charge >= 0.3 is 6.03 Å². The normalized spacial score (nSPS) is 20.2. The number of amides is 4. The lowest BCUT2D eigenvalue weighted by Gasteiger charge is -2.22. The van der Waals surface area contributed by atoms with Gasteiger partial charge in [-0.3, -0.25) is 14.5 Å². The van der Waals surface area contributed by atoms with E-state index in [1.54, 1.807) is 0 Å². The zero-order valence-corrected chi connectivity index (χ0v) is 17.4. The van der Waals surface area contributed by atoms with Crippen molar-refractivity contribution in [1.29, 1.82) is 0 Å². The number of benzene rings is 3. The van der Waals surface area contributed by atoms with Crippen molar-refractivity contribution in [2.75, 3.05) is 11.9 Å². The van der Waals surface area contributed by atoms with E-state index in [1.165, 1.54) is 16.7 Å². The van der Waals surface area contributed by atoms with E-state index in [0.29, 0.717) is 12.1 Å². The maximum Gasteiger partial charge on any atom is 0.325 e. The molecule has 2 aliphatic carbocycles. The minimum atomic E-state index is -1.05. The van der Waals surface area contributed by atoms with Gasteiger partial charge in [0.05, 0.1) is 0 Å². The smallest absolute Gasteiger partial charge is 0.325 e. The van der Waals surface area contributed by atoms with Gasteiger partial charge in [0, 0.05) is 5.69 Å². The molecule has 32 heavy (non-hydrogen) atoms. The quantitative estimate of drug-likeness (QED) is 0.495. The number of fused-ring (bicyclic) bond motifs is 5. The van der Waals surface area contributed by atoms with Gasteiger partial charge in [0.1, 0.15) is 12.1 Å². The molecule has 0 bridgehead atoms. The molecule has 1 atom stereocenters. The highest BCUT2D eigenvalue weighted by Crippen LogP contribution is 2.41. The van der Waals surface area contributed by atoms with Gasteiger partial charge in [-0.25, -0.2) is 4.79 Å². The zero-order valence-electron chi connectivity index (χ0n) is 17.4. The third-order valence-corrected chi connectivity index (χ3v) is 6.80. The highest BCUT2D eigenvalue weighted by Gasteiger charge is 2.55. The Kier molecular flexibility index (Phi) is 3.99. The Morgan fingerprint density at radius 1 is 0.938 bits per heavy atom. The number of rotatable bonds is 3. The van der Waals surface area contributed by atoms with Crippen LogP contribution in [0.1, 0.15) is 28.7 Å². The van der Waals surface area contributed by atoms with Crippen LogP contribution in [0.5, 0.6) is 0 Å². The average molecular weight is 423 g/mol. The van der Waals surface area contributed by atoms with Crippen molar-refractivity contribution in [2.24, 2.45) is 0 Å². The van der Waals surface area contributed by atoms with Crippen LogP contribution in [0, 0.1) is 0 Å². The number of imide groups is 1. The monoisotopic (exact) mass is 423 g/mol. The van der Waals surface area contributed by atoms with Gasteiger partial charge in [0.25, 0.3) is 5.91 Å². The summed E-state index contributed by atoms with van der Waals surface area (Å²) in [4.78, 5) is 39.6. The molecule has 0 unspecified atom stereocenters. The molecular weight excluding hydrogens is 402 g/mol. The van der Waals surface area contributed by atoms with Crippen molar-refractivity contribution in [2.45, 2.75) is 24.8 Å². The molecule has 158 valence electrons. The Morgan fingerprint density at radius 3 is 2.56 bits per heavy atom. The topological polar surface area (TPSA) is 78.5 Å². The number of nitrogens with one attached hydrogen (secondary N) is 2. The van der Waals surface area contributed by atoms with E-state index >= 15 is 0 Å². The number of hydrogen-bond acceptors (Lipinski definition) is 3. The number of nitrogens with zero attached hydrogens (tertiary/aromatic N) is 1. The summed E-state index contributed by atoms with van der Waals surface area (Å²) in [6, 6.07) is 21.2. The molecule has 6 nitrogen and oxygen atoms in total. The lowest BCUT2D eigenvalue weighted by atomic mass is 9.92. The van der Waals surface area contributed by atoms with Gasteiger partial charge < -0.3 is 10.6 Å². The fraction of sp³-hybridized carbons (Fsp3) is 0.192. The van der Waals surface area contributed by atoms with Gasteiger partial charge in [-0.15, -0.1) is 0 Å². The molecule has 3 aliphatic rings. The summed E-state index contributed by atoms with van der Waals surface area (Å²) >= 11 is 0. The first-order valence-corrected chi connectivity index (χ1v) is 10.8. The molecule has 3 aromatic carbocycles. The summed E-state index contributed by atoms with van der Waals surface area (Å²) in [5.74, 6) is -0.751. The van der Waals surface area contributed by atoms with Gasteiger partial charge in [-0.1, -0.05) is 54.6 Å². The van der Waals surface area contributed by atoms with Crippen LogP contribution >= 0.6 is 0 Å². The second-order valence-electron chi connectivity index (χ2n) is 8.64. The summed E-state index contributed by atoms with van der Waals surface area (Å²) in [5, 5.41) is 5.71. The fourth-order valence-electron chi connectivity index (χ4n) is 5.30. The lowest BCUT2D eigenvalue weighted by molar-refractivity contribution is -0.134. The van der Waals surface area contributed by atoms with E-state index in [1.807, 2.05) is 54.6 Å². The first-order chi connectivity index (χ1) is 15.5. The molecule has 0 aromatic heterocycles. The summed E-state index contributed by atoms with van der Waals surface area (Å²) in [7, 11) is 0. The van der Waals surface area contributed by atoms with Crippen LogP contribution in [0.15, 0.2) is 66.7 Å². The van der Waals surface area contributed by atoms with Crippen LogP contribution in [-0.2, 0) is 28.0 Å². The van der Waals surface area contributed by atoms with E-state index in [9.17, 15) is 14.4 Å². The zero-order chi connectivity index (χ0) is 21.9. The third kappa shape index (κ3) is 2.69. The Hall–Kier alpha value is -3.93. The molecular formula is C26H21N3O3. The van der Waals surface area contributed by atoms with Crippen molar-refractivity contribution in [3.63, 3.8) is 0 Å². The van der Waals surface area contributed by atoms with E-state index in [-0.39, 0.29) is 12.5 Å². The average Bonchev–Trinajstić information content (AvgIpc) is 3.42. The van der Waals surface area contributed by atoms with E-state index in [0.717, 1.165) is 34.4 Å². The summed E-state index contributed by atoms with van der Waals surface area (Å²) in [5.41, 5.74) is 6.33. The first kappa shape index (κ1) is 18.8. The highest BCUT2D eigenvalue weighted by atomic mass is 16.2. The van der Waals surface area contributed by atoms with Crippen LogP contribution in [0.3, 0.4) is 0 Å². The fourth-order valence-corrected chi connectivity index (χ4v) is 5.30. The Labute approximate surface area is 185 Å². The molecule has 0 radical (unpaired) electrons. The van der Waals surface area contributed by atoms with Gasteiger partial charge in [0.2, 0.25) is 5.91 Å². The van der Waals surface area contributed by atoms with Gasteiger partial charge in [0.15, 0.2) is 0 Å². The second-order valence-corrected chi connectivity index (χ2v) is 8.64. The molecule has 1 spiro atoms. The van der Waals surface area contributed by atoms with Crippen LogP contribution in [0.4, 0.5) is 10.5 Å². The highest BCUT2D eigenvalue weighted by molar-refractivity contribution is 6.11. The van der Waals surface area contributed by atoms with Crippen LogP contribution < -0.4 is 10.6 Å². The number of aryl methyl sites for hydroxylation is 1.